The van der Waals surface area contributed by atoms with Crippen molar-refractivity contribution in [3.05, 3.63) is 70.9 Å². The van der Waals surface area contributed by atoms with Gasteiger partial charge in [0.25, 0.3) is 5.91 Å². The lowest BCUT2D eigenvalue weighted by atomic mass is 9.78. The van der Waals surface area contributed by atoms with Crippen molar-refractivity contribution >= 4 is 11.8 Å². The maximum Gasteiger partial charge on any atom is 0.257 e. The van der Waals surface area contributed by atoms with Crippen molar-refractivity contribution in [2.24, 2.45) is 17.8 Å². The normalized spacial score (nSPS) is 22.4. The number of aryl methyl sites for hydroxylation is 2. The number of likely N-dealkylation sites (tertiary alicyclic amines) is 2. The van der Waals surface area contributed by atoms with Crippen LogP contribution in [0, 0.1) is 31.6 Å². The minimum absolute atomic E-state index is 0.0493. The highest BCUT2D eigenvalue weighted by Crippen LogP contribution is 2.38. The highest BCUT2D eigenvalue weighted by Gasteiger charge is 2.40. The van der Waals surface area contributed by atoms with Gasteiger partial charge in [-0.05, 0) is 50.2 Å². The number of fused-ring (bicyclic) bond motifs is 1. The second-order valence-corrected chi connectivity index (χ2v) is 11.8. The minimum atomic E-state index is 0.0493. The maximum atomic E-state index is 13.2. The molecule has 2 unspecified atom stereocenters. The second kappa shape index (κ2) is 10.5. The molecule has 2 aromatic rings. The van der Waals surface area contributed by atoms with Crippen LogP contribution in [-0.2, 0) is 4.79 Å². The molecule has 1 saturated carbocycles. The Morgan fingerprint density at radius 3 is 2.34 bits per heavy atom. The molecule has 3 fully saturated rings. The molecule has 0 spiro atoms. The standard InChI is InChI=1S/C31H39N5O2/c1-21-29(22(2)33-20-32-21)31(38)36-16-25-14-34(15-26(25)17-36)13-12-28(23-8-4-3-5-9-23)27-18-35(19-27)30(37)24-10-6-7-11-24/h3-5,8-9,14,20,24,26-28H,6-7,10-13,15-19H2,1-2H3. The van der Waals surface area contributed by atoms with Crippen molar-refractivity contribution in [3.63, 3.8) is 0 Å². The van der Waals surface area contributed by atoms with Crippen molar-refractivity contribution in [1.29, 1.82) is 0 Å². The van der Waals surface area contributed by atoms with E-state index in [1.807, 2.05) is 18.7 Å². The molecule has 4 heterocycles. The maximum absolute atomic E-state index is 13.2. The summed E-state index contributed by atoms with van der Waals surface area (Å²) in [7, 11) is 0. The van der Waals surface area contributed by atoms with E-state index in [1.54, 1.807) is 0 Å². The first-order chi connectivity index (χ1) is 18.5. The fourth-order valence-electron chi connectivity index (χ4n) is 7.12. The Labute approximate surface area is 225 Å². The molecule has 0 radical (unpaired) electrons. The van der Waals surface area contributed by atoms with Crippen LogP contribution in [0.3, 0.4) is 0 Å². The first-order valence-electron chi connectivity index (χ1n) is 14.3. The number of hydrogen-bond donors (Lipinski definition) is 0. The van der Waals surface area contributed by atoms with Gasteiger partial charge in [-0.3, -0.25) is 9.59 Å². The SMILES string of the molecule is Cc1ncnc(C)c1C(=O)N1CC2=CN(CCC(c3ccccc3)C3CN(C(=O)C4CCCC4)C3)CC2C1. The molecule has 1 aliphatic carbocycles. The predicted octanol–water partition coefficient (Wildman–Crippen LogP) is 4.19. The van der Waals surface area contributed by atoms with Gasteiger partial charge in [-0.25, -0.2) is 9.97 Å². The Morgan fingerprint density at radius 1 is 0.947 bits per heavy atom. The van der Waals surface area contributed by atoms with Crippen LogP contribution in [0.4, 0.5) is 0 Å². The summed E-state index contributed by atoms with van der Waals surface area (Å²) in [6, 6.07) is 10.9. The zero-order valence-electron chi connectivity index (χ0n) is 22.7. The molecule has 7 heteroatoms. The molecule has 38 heavy (non-hydrogen) atoms. The van der Waals surface area contributed by atoms with Crippen LogP contribution < -0.4 is 0 Å². The molecule has 3 aliphatic heterocycles. The van der Waals surface area contributed by atoms with Gasteiger partial charge in [0.2, 0.25) is 5.91 Å². The summed E-state index contributed by atoms with van der Waals surface area (Å²) in [5, 5.41) is 0. The Hall–Kier alpha value is -3.22. The van der Waals surface area contributed by atoms with Crippen LogP contribution in [0.25, 0.3) is 0 Å². The summed E-state index contributed by atoms with van der Waals surface area (Å²) in [5.41, 5.74) is 4.91. The third-order valence-electron chi connectivity index (χ3n) is 9.32. The van der Waals surface area contributed by atoms with Crippen LogP contribution in [0.15, 0.2) is 48.4 Å². The highest BCUT2D eigenvalue weighted by atomic mass is 16.2. The molecule has 2 saturated heterocycles. The quantitative estimate of drug-likeness (QED) is 0.555. The lowest BCUT2D eigenvalue weighted by molar-refractivity contribution is -0.142. The van der Waals surface area contributed by atoms with Crippen molar-refractivity contribution in [2.75, 3.05) is 39.3 Å². The Bertz CT molecular complexity index is 1200. The predicted molar refractivity (Wildman–Crippen MR) is 146 cm³/mol. The molecule has 0 bridgehead atoms. The second-order valence-electron chi connectivity index (χ2n) is 11.8. The molecule has 1 aromatic carbocycles. The van der Waals surface area contributed by atoms with Gasteiger partial charge in [-0.2, -0.15) is 0 Å². The molecule has 200 valence electrons. The summed E-state index contributed by atoms with van der Waals surface area (Å²) in [5.74, 6) is 2.12. The van der Waals surface area contributed by atoms with Crippen molar-refractivity contribution in [2.45, 2.75) is 51.9 Å². The van der Waals surface area contributed by atoms with E-state index in [1.165, 1.54) is 30.3 Å². The fourth-order valence-corrected chi connectivity index (χ4v) is 7.12. The molecule has 0 N–H and O–H groups in total. The summed E-state index contributed by atoms with van der Waals surface area (Å²) in [4.78, 5) is 41.1. The van der Waals surface area contributed by atoms with E-state index >= 15 is 0 Å². The van der Waals surface area contributed by atoms with Crippen molar-refractivity contribution < 1.29 is 9.59 Å². The van der Waals surface area contributed by atoms with Gasteiger partial charge in [0, 0.05) is 63.2 Å². The number of aromatic nitrogens is 2. The van der Waals surface area contributed by atoms with E-state index in [9.17, 15) is 9.59 Å². The van der Waals surface area contributed by atoms with Gasteiger partial charge >= 0.3 is 0 Å². The Morgan fingerprint density at radius 2 is 1.66 bits per heavy atom. The average molecular weight is 514 g/mol. The first kappa shape index (κ1) is 25.1. The van der Waals surface area contributed by atoms with Gasteiger partial charge in [-0.1, -0.05) is 43.2 Å². The number of rotatable bonds is 7. The Kier molecular flexibility index (Phi) is 6.93. The van der Waals surface area contributed by atoms with E-state index in [-0.39, 0.29) is 11.8 Å². The van der Waals surface area contributed by atoms with Crippen molar-refractivity contribution in [3.8, 4) is 0 Å². The molecular formula is C31H39N5O2. The monoisotopic (exact) mass is 513 g/mol. The topological polar surface area (TPSA) is 69.6 Å². The molecule has 2 amide bonds. The molecule has 7 nitrogen and oxygen atoms in total. The van der Waals surface area contributed by atoms with Crippen LogP contribution in [0.1, 0.15) is 65.3 Å². The number of hydrogen-bond acceptors (Lipinski definition) is 5. The van der Waals surface area contributed by atoms with Crippen LogP contribution >= 0.6 is 0 Å². The van der Waals surface area contributed by atoms with Crippen LogP contribution in [0.5, 0.6) is 0 Å². The zero-order chi connectivity index (χ0) is 26.2. The number of benzene rings is 1. The molecular weight excluding hydrogens is 474 g/mol. The van der Waals surface area contributed by atoms with Crippen LogP contribution in [0.2, 0.25) is 0 Å². The van der Waals surface area contributed by atoms with Crippen LogP contribution in [-0.4, -0.2) is 75.8 Å². The number of carbonyl (C=O) groups excluding carboxylic acids is 2. The average Bonchev–Trinajstić information content (AvgIpc) is 3.62. The third kappa shape index (κ3) is 4.83. The largest absolute Gasteiger partial charge is 0.377 e. The highest BCUT2D eigenvalue weighted by molar-refractivity contribution is 5.96. The summed E-state index contributed by atoms with van der Waals surface area (Å²) in [6.07, 6.45) is 9.48. The smallest absolute Gasteiger partial charge is 0.257 e. The minimum Gasteiger partial charge on any atom is -0.377 e. The summed E-state index contributed by atoms with van der Waals surface area (Å²) >= 11 is 0. The number of nitrogens with zero attached hydrogens (tertiary/aromatic N) is 5. The van der Waals surface area contributed by atoms with Gasteiger partial charge < -0.3 is 14.7 Å². The fraction of sp³-hybridized carbons (Fsp3) is 0.548. The lowest BCUT2D eigenvalue weighted by Crippen LogP contribution is -2.53. The number of carbonyl (C=O) groups is 2. The molecule has 1 aromatic heterocycles. The Balaban J connectivity index is 1.07. The van der Waals surface area contributed by atoms with Gasteiger partial charge in [-0.15, -0.1) is 0 Å². The molecule has 2 atom stereocenters. The van der Waals surface area contributed by atoms with Crippen molar-refractivity contribution in [1.82, 2.24) is 24.7 Å². The van der Waals surface area contributed by atoms with E-state index in [0.717, 1.165) is 63.4 Å². The van der Waals surface area contributed by atoms with E-state index in [2.05, 4.69) is 56.3 Å². The molecule has 4 aliphatic rings. The van der Waals surface area contributed by atoms with Gasteiger partial charge in [0.1, 0.15) is 6.33 Å². The number of amides is 2. The van der Waals surface area contributed by atoms with E-state index in [4.69, 9.17) is 0 Å². The van der Waals surface area contributed by atoms with E-state index < -0.39 is 0 Å². The van der Waals surface area contributed by atoms with Gasteiger partial charge in [0.05, 0.1) is 17.0 Å². The zero-order valence-corrected chi connectivity index (χ0v) is 22.7. The van der Waals surface area contributed by atoms with E-state index in [0.29, 0.717) is 35.8 Å². The van der Waals surface area contributed by atoms with Gasteiger partial charge in [0.15, 0.2) is 0 Å². The molecule has 6 rings (SSSR count). The first-order valence-corrected chi connectivity index (χ1v) is 14.3. The third-order valence-corrected chi connectivity index (χ3v) is 9.32. The summed E-state index contributed by atoms with van der Waals surface area (Å²) in [6.45, 7) is 9.00. The summed E-state index contributed by atoms with van der Waals surface area (Å²) < 4.78 is 0. The lowest BCUT2D eigenvalue weighted by Gasteiger charge is -2.45.